The number of rotatable bonds is 2. The molecule has 4 rings (SSSR count). The first kappa shape index (κ1) is 23.8. The number of fused-ring (bicyclic) bond motifs is 2. The zero-order valence-corrected chi connectivity index (χ0v) is 19.8. The lowest BCUT2D eigenvalue weighted by Crippen LogP contribution is -2.32. The minimum atomic E-state index is -5.42. The molecule has 0 saturated carbocycles. The van der Waals surface area contributed by atoms with Crippen LogP contribution in [0.5, 0.6) is 0 Å². The summed E-state index contributed by atoms with van der Waals surface area (Å²) in [4.78, 5) is 12.4. The van der Waals surface area contributed by atoms with Crippen molar-refractivity contribution >= 4 is 54.2 Å². The second-order valence-electron chi connectivity index (χ2n) is 7.29. The number of aromatic nitrogens is 1. The topological polar surface area (TPSA) is 98.4 Å². The number of halogens is 2. The minimum Gasteiger partial charge on any atom is -0.722 e. The molecule has 1 aromatic heterocycles. The molecule has 0 aliphatic rings. The predicted molar refractivity (Wildman–Crippen MR) is 123 cm³/mol. The molecule has 0 aliphatic heterocycles. The minimum absolute atomic E-state index is 0.348. The molecule has 0 aliphatic carbocycles. The zero-order valence-electron chi connectivity index (χ0n) is 17.4. The Hall–Kier alpha value is -2.88. The van der Waals surface area contributed by atoms with Crippen molar-refractivity contribution < 1.29 is 31.3 Å². The van der Waals surface area contributed by atoms with E-state index in [0.29, 0.717) is 5.56 Å². The van der Waals surface area contributed by atoms with E-state index in [1.165, 1.54) is 0 Å². The monoisotopic (exact) mass is 519 g/mol. The Balaban J connectivity index is 0.000000523. The molecule has 0 unspecified atom stereocenters. The van der Waals surface area contributed by atoms with Crippen molar-refractivity contribution in [2.24, 2.45) is 7.05 Å². The molecule has 3 aromatic carbocycles. The van der Waals surface area contributed by atoms with Gasteiger partial charge in [-0.1, -0.05) is 36.4 Å². The number of pyridine rings is 1. The second kappa shape index (κ2) is 8.93. The Morgan fingerprint density at radius 2 is 1.69 bits per heavy atom. The molecule has 1 N–H and O–H groups in total. The summed E-state index contributed by atoms with van der Waals surface area (Å²) in [5.74, 6) is -0.913. The van der Waals surface area contributed by atoms with Gasteiger partial charge >= 0.3 is 5.97 Å². The van der Waals surface area contributed by atoms with Crippen LogP contribution < -0.4 is 4.57 Å². The summed E-state index contributed by atoms with van der Waals surface area (Å²) in [5, 5.41) is 11.7. The van der Waals surface area contributed by atoms with E-state index >= 15 is 0 Å². The van der Waals surface area contributed by atoms with Gasteiger partial charge in [0, 0.05) is 6.07 Å². The second-order valence-corrected chi connectivity index (χ2v) is 8.93. The molecule has 0 amide bonds. The summed E-state index contributed by atoms with van der Waals surface area (Å²) in [6.07, 6.45) is 0. The third-order valence-corrected chi connectivity index (χ3v) is 5.70. The Morgan fingerprint density at radius 3 is 2.25 bits per heavy atom. The first-order chi connectivity index (χ1) is 14.9. The number of benzene rings is 3. The maximum Gasteiger partial charge on any atom is 0.337 e. The first-order valence-corrected chi connectivity index (χ1v) is 11.5. The quantitative estimate of drug-likeness (QED) is 0.174. The lowest BCUT2D eigenvalue weighted by atomic mass is 9.91. The Kier molecular flexibility index (Phi) is 6.64. The van der Waals surface area contributed by atoms with Crippen molar-refractivity contribution in [3.05, 3.63) is 75.8 Å². The fourth-order valence-corrected chi connectivity index (χ4v) is 4.73. The van der Waals surface area contributed by atoms with Crippen LogP contribution in [0, 0.1) is 13.8 Å². The van der Waals surface area contributed by atoms with E-state index in [1.807, 2.05) is 69.4 Å². The van der Waals surface area contributed by atoms with E-state index in [0.717, 1.165) is 48.5 Å². The smallest absolute Gasteiger partial charge is 0.337 e. The van der Waals surface area contributed by atoms with E-state index in [4.69, 9.17) is 13.0 Å². The highest BCUT2D eigenvalue weighted by molar-refractivity contribution is 9.10. The maximum atomic E-state index is 12.4. The fourth-order valence-electron chi connectivity index (χ4n) is 3.92. The number of carboxylic acid groups (broad SMARTS) is 1. The van der Waals surface area contributed by atoms with Gasteiger partial charge in [-0.15, -0.1) is 3.89 Å². The number of aryl methyl sites for hydroxylation is 3. The number of aromatic carboxylic acids is 1. The molecule has 0 radical (unpaired) electrons. The molecule has 1 heterocycles. The largest absolute Gasteiger partial charge is 0.722 e. The molecular formula is C23H19BrFNO5S. The van der Waals surface area contributed by atoms with Gasteiger partial charge in [0.2, 0.25) is 11.0 Å². The van der Waals surface area contributed by atoms with Crippen LogP contribution in [0.3, 0.4) is 0 Å². The lowest BCUT2D eigenvalue weighted by Gasteiger charge is -2.15. The summed E-state index contributed by atoms with van der Waals surface area (Å²) < 4.78 is 38.3. The number of carboxylic acids is 1. The average Bonchev–Trinajstić information content (AvgIpc) is 2.67. The standard InChI is InChI=1S/C23H18BrNO2.FHO3S/c1-13-9-10-16-18(11-13)25(3)22-17(24)12-14(2)19(15-7-5-4-6-8-15)21(22)20(16)23(26)27;1-5(2,3)4/h4-12H,1-3H3;(H,2,3,4). The van der Waals surface area contributed by atoms with Gasteiger partial charge in [-0.2, -0.15) is 4.57 Å². The van der Waals surface area contributed by atoms with Crippen LogP contribution >= 0.6 is 15.9 Å². The molecule has 32 heavy (non-hydrogen) atoms. The van der Waals surface area contributed by atoms with Crippen molar-refractivity contribution in [1.82, 2.24) is 0 Å². The molecule has 166 valence electrons. The number of carbonyl (C=O) groups is 1. The molecular weight excluding hydrogens is 501 g/mol. The van der Waals surface area contributed by atoms with Crippen molar-refractivity contribution in [2.75, 3.05) is 0 Å². The van der Waals surface area contributed by atoms with Gasteiger partial charge in [0.25, 0.3) is 10.5 Å². The van der Waals surface area contributed by atoms with E-state index in [9.17, 15) is 13.8 Å². The highest BCUT2D eigenvalue weighted by Gasteiger charge is 2.28. The number of hydrogen-bond acceptors (Lipinski definition) is 4. The van der Waals surface area contributed by atoms with Crippen LogP contribution in [-0.2, 0) is 17.6 Å². The van der Waals surface area contributed by atoms with Crippen molar-refractivity contribution in [2.45, 2.75) is 13.8 Å². The predicted octanol–water partition coefficient (Wildman–Crippen LogP) is 4.98. The molecule has 0 fully saturated rings. The number of nitrogens with zero attached hydrogens (tertiary/aromatic N) is 1. The molecule has 0 spiro atoms. The van der Waals surface area contributed by atoms with Gasteiger partial charge in [0.15, 0.2) is 0 Å². The molecule has 0 saturated heterocycles. The number of hydrogen-bond donors (Lipinski definition) is 1. The van der Waals surface area contributed by atoms with Crippen LogP contribution in [0.2, 0.25) is 0 Å². The van der Waals surface area contributed by atoms with Crippen molar-refractivity contribution in [1.29, 1.82) is 0 Å². The van der Waals surface area contributed by atoms with Crippen LogP contribution in [-0.4, -0.2) is 24.0 Å². The highest BCUT2D eigenvalue weighted by atomic mass is 79.9. The molecule has 6 nitrogen and oxygen atoms in total. The van der Waals surface area contributed by atoms with Crippen LogP contribution in [0.25, 0.3) is 32.9 Å². The normalized spacial score (nSPS) is 11.3. The van der Waals surface area contributed by atoms with E-state index < -0.39 is 16.5 Å². The van der Waals surface area contributed by atoms with E-state index in [2.05, 4.69) is 26.6 Å². The summed E-state index contributed by atoms with van der Waals surface area (Å²) >= 11 is 3.68. The average molecular weight is 520 g/mol. The molecule has 9 heteroatoms. The molecule has 0 atom stereocenters. The summed E-state index contributed by atoms with van der Waals surface area (Å²) in [6.45, 7) is 4.04. The lowest BCUT2D eigenvalue weighted by molar-refractivity contribution is -0.618. The Morgan fingerprint density at radius 1 is 1.09 bits per heavy atom. The highest BCUT2D eigenvalue weighted by Crippen LogP contribution is 2.39. The first-order valence-electron chi connectivity index (χ1n) is 9.39. The van der Waals surface area contributed by atoms with Gasteiger partial charge < -0.3 is 9.66 Å². The third-order valence-electron chi connectivity index (χ3n) is 5.10. The van der Waals surface area contributed by atoms with Gasteiger partial charge in [0.05, 0.1) is 20.8 Å². The third kappa shape index (κ3) is 4.79. The van der Waals surface area contributed by atoms with E-state index in [1.54, 1.807) is 0 Å². The maximum absolute atomic E-state index is 12.4. The molecule has 4 aromatic rings. The van der Waals surface area contributed by atoms with Crippen molar-refractivity contribution in [3.63, 3.8) is 0 Å². The van der Waals surface area contributed by atoms with Crippen LogP contribution in [0.4, 0.5) is 3.89 Å². The zero-order chi connectivity index (χ0) is 23.8. The summed E-state index contributed by atoms with van der Waals surface area (Å²) in [5.41, 5.74) is 6.25. The van der Waals surface area contributed by atoms with E-state index in [-0.39, 0.29) is 0 Å². The van der Waals surface area contributed by atoms with Gasteiger partial charge in [0.1, 0.15) is 7.05 Å². The Bertz CT molecular complexity index is 1460. The van der Waals surface area contributed by atoms with Gasteiger partial charge in [-0.25, -0.2) is 13.2 Å². The van der Waals surface area contributed by atoms with Crippen LogP contribution in [0.1, 0.15) is 21.5 Å². The summed E-state index contributed by atoms with van der Waals surface area (Å²) in [7, 11) is -3.43. The molecule has 0 bridgehead atoms. The van der Waals surface area contributed by atoms with Gasteiger partial charge in [-0.05, 0) is 64.2 Å². The van der Waals surface area contributed by atoms with Gasteiger partial charge in [-0.3, -0.25) is 0 Å². The fraction of sp³-hybridized carbons (Fsp3) is 0.130. The SMILES string of the molecule is Cc1ccc2c(C(=O)O)c3c(-c4ccccc4)c(C)cc(Br)c3[n+](C)c2c1.O=S(=O)([O-])F. The summed E-state index contributed by atoms with van der Waals surface area (Å²) in [6, 6.07) is 18.0. The van der Waals surface area contributed by atoms with Crippen molar-refractivity contribution in [3.8, 4) is 11.1 Å². The Labute approximate surface area is 193 Å². The van der Waals surface area contributed by atoms with Crippen LogP contribution in [0.15, 0.2) is 59.1 Å².